The fraction of sp³-hybridized carbons (Fsp3) is 0.444. The van der Waals surface area contributed by atoms with Gasteiger partial charge in [0.1, 0.15) is 12.4 Å². The number of hydrogen-bond acceptors (Lipinski definition) is 5. The van der Waals surface area contributed by atoms with E-state index in [-0.39, 0.29) is 12.2 Å². The predicted octanol–water partition coefficient (Wildman–Crippen LogP) is 1.09. The lowest BCUT2D eigenvalue weighted by atomic mass is 10.1. The molecule has 0 atom stereocenters. The van der Waals surface area contributed by atoms with Gasteiger partial charge in [-0.25, -0.2) is 4.98 Å². The Bertz CT molecular complexity index is 857. The van der Waals surface area contributed by atoms with Crippen molar-refractivity contribution in [3.05, 3.63) is 49.3 Å². The Hall–Kier alpha value is -1.94. The number of fused-ring (bicyclic) bond motifs is 1. The molecule has 0 unspecified atom stereocenters. The third-order valence-corrected chi connectivity index (χ3v) is 5.30. The van der Waals surface area contributed by atoms with Crippen LogP contribution in [0.15, 0.2) is 16.2 Å². The fourth-order valence-corrected chi connectivity index (χ4v) is 3.82. The lowest BCUT2D eigenvalue weighted by molar-refractivity contribution is 0.281. The highest BCUT2D eigenvalue weighted by atomic mass is 32.1. The Balaban J connectivity index is 1.72. The molecule has 0 aromatic carbocycles. The monoisotopic (exact) mass is 343 g/mol. The van der Waals surface area contributed by atoms with E-state index in [2.05, 4.69) is 27.8 Å². The molecule has 2 aromatic rings. The van der Waals surface area contributed by atoms with Gasteiger partial charge in [-0.05, 0) is 19.4 Å². The molecule has 0 saturated carbocycles. The second-order valence-corrected chi connectivity index (χ2v) is 6.98. The molecule has 0 amide bonds. The van der Waals surface area contributed by atoms with Crippen LogP contribution in [0.5, 0.6) is 0 Å². The van der Waals surface area contributed by atoms with Crippen LogP contribution in [0.1, 0.15) is 27.5 Å². The average molecular weight is 343 g/mol. The summed E-state index contributed by atoms with van der Waals surface area (Å²) < 4.78 is 1.64. The first kappa shape index (κ1) is 16.9. The summed E-state index contributed by atoms with van der Waals surface area (Å²) in [5.74, 6) is 6.39. The van der Waals surface area contributed by atoms with E-state index in [1.54, 1.807) is 23.0 Å². The Morgan fingerprint density at radius 2 is 2.17 bits per heavy atom. The number of thiophene rings is 1. The van der Waals surface area contributed by atoms with Crippen molar-refractivity contribution in [2.75, 3.05) is 19.7 Å². The minimum atomic E-state index is -0.114. The number of aryl methyl sites for hydroxylation is 1. The minimum absolute atomic E-state index is 0.0945. The predicted molar refractivity (Wildman–Crippen MR) is 95.2 cm³/mol. The van der Waals surface area contributed by atoms with Crippen molar-refractivity contribution in [2.24, 2.45) is 7.05 Å². The van der Waals surface area contributed by atoms with Crippen molar-refractivity contribution in [1.29, 1.82) is 0 Å². The van der Waals surface area contributed by atoms with Crippen molar-refractivity contribution in [1.82, 2.24) is 14.5 Å². The van der Waals surface area contributed by atoms with Crippen LogP contribution in [0.4, 0.5) is 0 Å². The second kappa shape index (κ2) is 7.31. The van der Waals surface area contributed by atoms with Crippen LogP contribution in [0.25, 0.3) is 0 Å². The number of nitrogens with zero attached hydrogens (tertiary/aromatic N) is 3. The van der Waals surface area contributed by atoms with Gasteiger partial charge in [0, 0.05) is 54.5 Å². The third-order valence-electron chi connectivity index (χ3n) is 4.38. The van der Waals surface area contributed by atoms with Crippen LogP contribution in [-0.2, 0) is 26.4 Å². The van der Waals surface area contributed by atoms with Gasteiger partial charge in [-0.1, -0.05) is 11.8 Å². The molecular formula is C18H21N3O2S. The molecule has 1 N–H and O–H groups in total. The summed E-state index contributed by atoms with van der Waals surface area (Å²) in [5.41, 5.74) is 2.87. The standard InChI is InChI=1S/C18H21N3O2S/c1-13-19-17-6-8-21(7-5-16(17)18(23)20(13)2)11-15-10-14(12-24-15)4-3-9-22/h10,12,22H,5-9,11H2,1-2H3. The van der Waals surface area contributed by atoms with Gasteiger partial charge < -0.3 is 5.11 Å². The Morgan fingerprint density at radius 3 is 2.96 bits per heavy atom. The topological polar surface area (TPSA) is 58.4 Å². The van der Waals surface area contributed by atoms with Gasteiger partial charge >= 0.3 is 0 Å². The van der Waals surface area contributed by atoms with Gasteiger partial charge in [-0.3, -0.25) is 14.3 Å². The molecule has 126 valence electrons. The summed E-state index contributed by atoms with van der Waals surface area (Å²) in [6, 6.07) is 2.08. The summed E-state index contributed by atoms with van der Waals surface area (Å²) in [7, 11) is 1.79. The van der Waals surface area contributed by atoms with Crippen LogP contribution in [0.2, 0.25) is 0 Å². The molecule has 24 heavy (non-hydrogen) atoms. The smallest absolute Gasteiger partial charge is 0.256 e. The van der Waals surface area contributed by atoms with Crippen LogP contribution in [-0.4, -0.2) is 39.3 Å². The van der Waals surface area contributed by atoms with Gasteiger partial charge in [0.05, 0.1) is 5.69 Å². The van der Waals surface area contributed by atoms with Crippen molar-refractivity contribution in [2.45, 2.75) is 26.3 Å². The maximum Gasteiger partial charge on any atom is 0.256 e. The maximum absolute atomic E-state index is 12.4. The number of hydrogen-bond donors (Lipinski definition) is 1. The first-order valence-corrected chi connectivity index (χ1v) is 8.91. The van der Waals surface area contributed by atoms with Gasteiger partial charge in [0.15, 0.2) is 0 Å². The maximum atomic E-state index is 12.4. The number of aliphatic hydroxyl groups excluding tert-OH is 1. The van der Waals surface area contributed by atoms with Gasteiger partial charge in [-0.2, -0.15) is 0 Å². The van der Waals surface area contributed by atoms with Crippen LogP contribution < -0.4 is 5.56 Å². The summed E-state index contributed by atoms with van der Waals surface area (Å²) in [5, 5.41) is 10.8. The molecule has 0 fully saturated rings. The fourth-order valence-electron chi connectivity index (χ4n) is 2.96. The summed E-state index contributed by atoms with van der Waals surface area (Å²) in [6.45, 7) is 4.39. The van der Waals surface area contributed by atoms with Crippen molar-refractivity contribution < 1.29 is 5.11 Å². The number of rotatable bonds is 2. The first-order valence-electron chi connectivity index (χ1n) is 8.03. The molecule has 0 saturated heterocycles. The minimum Gasteiger partial charge on any atom is -0.384 e. The summed E-state index contributed by atoms with van der Waals surface area (Å²) >= 11 is 1.69. The zero-order chi connectivity index (χ0) is 17.1. The molecule has 1 aliphatic rings. The molecule has 0 aliphatic carbocycles. The highest BCUT2D eigenvalue weighted by Crippen LogP contribution is 2.18. The molecule has 0 spiro atoms. The van der Waals surface area contributed by atoms with Gasteiger partial charge in [0.2, 0.25) is 0 Å². The molecule has 1 aliphatic heterocycles. The van der Waals surface area contributed by atoms with E-state index in [0.29, 0.717) is 0 Å². The summed E-state index contributed by atoms with van der Waals surface area (Å²) in [6.07, 6.45) is 1.56. The van der Waals surface area contributed by atoms with E-state index in [1.165, 1.54) is 4.88 Å². The summed E-state index contributed by atoms with van der Waals surface area (Å²) in [4.78, 5) is 20.7. The quantitative estimate of drug-likeness (QED) is 0.830. The van der Waals surface area contributed by atoms with E-state index < -0.39 is 0 Å². The molecule has 5 nitrogen and oxygen atoms in total. The van der Waals surface area contributed by atoms with E-state index >= 15 is 0 Å². The van der Waals surface area contributed by atoms with E-state index in [0.717, 1.165) is 55.1 Å². The highest BCUT2D eigenvalue weighted by molar-refractivity contribution is 7.10. The Kier molecular flexibility index (Phi) is 5.14. The molecule has 2 aromatic heterocycles. The molecular weight excluding hydrogens is 322 g/mol. The molecule has 6 heteroatoms. The van der Waals surface area contributed by atoms with Crippen molar-refractivity contribution in [3.63, 3.8) is 0 Å². The lowest BCUT2D eigenvalue weighted by Gasteiger charge is -2.18. The highest BCUT2D eigenvalue weighted by Gasteiger charge is 2.19. The van der Waals surface area contributed by atoms with Gasteiger partial charge in [0.25, 0.3) is 5.56 Å². The number of aliphatic hydroxyl groups is 1. The second-order valence-electron chi connectivity index (χ2n) is 5.99. The SMILES string of the molecule is Cc1nc2c(c(=O)n1C)CCN(Cc1cc(C#CCO)cs1)CC2. The zero-order valence-electron chi connectivity index (χ0n) is 14.0. The first-order chi connectivity index (χ1) is 11.6. The Morgan fingerprint density at radius 1 is 1.38 bits per heavy atom. The molecule has 3 rings (SSSR count). The largest absolute Gasteiger partial charge is 0.384 e. The lowest BCUT2D eigenvalue weighted by Crippen LogP contribution is -2.27. The number of aromatic nitrogens is 2. The Labute approximate surface area is 145 Å². The van der Waals surface area contributed by atoms with E-state index in [1.807, 2.05) is 12.3 Å². The average Bonchev–Trinajstić information content (AvgIpc) is 2.92. The molecule has 3 heterocycles. The van der Waals surface area contributed by atoms with Gasteiger partial charge in [-0.15, -0.1) is 11.3 Å². The zero-order valence-corrected chi connectivity index (χ0v) is 14.8. The van der Waals surface area contributed by atoms with E-state index in [9.17, 15) is 4.79 Å². The van der Waals surface area contributed by atoms with Crippen molar-refractivity contribution in [3.8, 4) is 11.8 Å². The van der Waals surface area contributed by atoms with Crippen LogP contribution in [0.3, 0.4) is 0 Å². The third kappa shape index (κ3) is 3.59. The van der Waals surface area contributed by atoms with Crippen molar-refractivity contribution >= 4 is 11.3 Å². The van der Waals surface area contributed by atoms with E-state index in [4.69, 9.17) is 5.11 Å². The molecule has 0 radical (unpaired) electrons. The molecule has 0 bridgehead atoms. The van der Waals surface area contributed by atoms with Crippen LogP contribution in [0, 0.1) is 18.8 Å². The van der Waals surface area contributed by atoms with Crippen LogP contribution >= 0.6 is 11.3 Å². The normalized spacial score (nSPS) is 14.6.